The Bertz CT molecular complexity index is 802. The average molecular weight is 261 g/mol. The molecule has 0 atom stereocenters. The molecule has 2 aliphatic rings. The summed E-state index contributed by atoms with van der Waals surface area (Å²) in [6.45, 7) is 0. The van der Waals surface area contributed by atoms with Crippen LogP contribution in [0.3, 0.4) is 0 Å². The Hall–Kier alpha value is -2.68. The van der Waals surface area contributed by atoms with Crippen LogP contribution in [0.4, 0.5) is 5.69 Å². The molecule has 20 heavy (non-hydrogen) atoms. The summed E-state index contributed by atoms with van der Waals surface area (Å²) >= 11 is 0. The maximum Gasteiger partial charge on any atom is 0.212 e. The van der Waals surface area contributed by atoms with Crippen LogP contribution in [0.1, 0.15) is 21.5 Å². The highest BCUT2D eigenvalue weighted by molar-refractivity contribution is 6.35. The molecular formula is C17H11NO2. The van der Waals surface area contributed by atoms with Gasteiger partial charge in [-0.3, -0.25) is 9.59 Å². The first kappa shape index (κ1) is 11.2. The number of anilines is 1. The van der Waals surface area contributed by atoms with Crippen LogP contribution in [0.15, 0.2) is 54.2 Å². The number of para-hydroxylation sites is 1. The number of carbonyl (C=O) groups is 2. The lowest BCUT2D eigenvalue weighted by atomic mass is 10.0. The third kappa shape index (κ3) is 1.40. The van der Waals surface area contributed by atoms with Crippen molar-refractivity contribution >= 4 is 22.8 Å². The summed E-state index contributed by atoms with van der Waals surface area (Å²) in [5.41, 5.74) is 4.22. The van der Waals surface area contributed by atoms with E-state index >= 15 is 0 Å². The molecule has 1 aliphatic heterocycles. The first-order valence-electron chi connectivity index (χ1n) is 6.52. The number of ketones is 2. The molecular weight excluding hydrogens is 250 g/mol. The van der Waals surface area contributed by atoms with E-state index < -0.39 is 0 Å². The van der Waals surface area contributed by atoms with Gasteiger partial charge in [0.05, 0.1) is 11.3 Å². The predicted molar refractivity (Wildman–Crippen MR) is 76.5 cm³/mol. The molecule has 0 unspecified atom stereocenters. The number of Topliss-reactive ketones (excluding diaryl/α,β-unsaturated/α-hetero) is 2. The number of nitrogens with one attached hydrogen (secondary N) is 1. The van der Waals surface area contributed by atoms with Crippen LogP contribution in [-0.2, 0) is 11.2 Å². The molecule has 1 heterocycles. The van der Waals surface area contributed by atoms with E-state index in [2.05, 4.69) is 5.32 Å². The van der Waals surface area contributed by atoms with Crippen molar-refractivity contribution in [2.45, 2.75) is 6.42 Å². The van der Waals surface area contributed by atoms with Crippen LogP contribution < -0.4 is 5.32 Å². The molecule has 3 nitrogen and oxygen atoms in total. The van der Waals surface area contributed by atoms with Crippen molar-refractivity contribution in [1.29, 1.82) is 0 Å². The second-order valence-electron chi connectivity index (χ2n) is 5.01. The zero-order valence-corrected chi connectivity index (χ0v) is 10.6. The van der Waals surface area contributed by atoms with Crippen LogP contribution in [-0.4, -0.2) is 11.6 Å². The van der Waals surface area contributed by atoms with E-state index in [9.17, 15) is 9.59 Å². The van der Waals surface area contributed by atoms with Crippen LogP contribution in [0.25, 0.3) is 5.57 Å². The second-order valence-corrected chi connectivity index (χ2v) is 5.01. The summed E-state index contributed by atoms with van der Waals surface area (Å²) in [4.78, 5) is 24.7. The highest BCUT2D eigenvalue weighted by Crippen LogP contribution is 2.37. The monoisotopic (exact) mass is 261 g/mol. The zero-order chi connectivity index (χ0) is 13.7. The van der Waals surface area contributed by atoms with Gasteiger partial charge in [-0.15, -0.1) is 0 Å². The molecule has 2 aromatic rings. The summed E-state index contributed by atoms with van der Waals surface area (Å²) in [5, 5.41) is 3.11. The third-order valence-corrected chi connectivity index (χ3v) is 3.82. The summed E-state index contributed by atoms with van der Waals surface area (Å²) in [6.07, 6.45) is 0.375. The van der Waals surface area contributed by atoms with Crippen molar-refractivity contribution < 1.29 is 9.59 Å². The van der Waals surface area contributed by atoms with Crippen molar-refractivity contribution in [3.8, 4) is 0 Å². The van der Waals surface area contributed by atoms with Crippen LogP contribution in [0, 0.1) is 0 Å². The molecule has 0 amide bonds. The van der Waals surface area contributed by atoms with Crippen molar-refractivity contribution in [2.75, 3.05) is 5.32 Å². The molecule has 4 rings (SSSR count). The highest BCUT2D eigenvalue weighted by Gasteiger charge is 2.34. The maximum absolute atomic E-state index is 12.5. The number of hydrogen-bond acceptors (Lipinski definition) is 3. The van der Waals surface area contributed by atoms with Gasteiger partial charge in [0.25, 0.3) is 0 Å². The molecule has 0 aromatic heterocycles. The first-order chi connectivity index (χ1) is 9.75. The minimum atomic E-state index is -0.0966. The number of benzene rings is 2. The fraction of sp³-hybridized carbons (Fsp3) is 0.0588. The summed E-state index contributed by atoms with van der Waals surface area (Å²) < 4.78 is 0. The molecule has 3 heteroatoms. The smallest absolute Gasteiger partial charge is 0.212 e. The van der Waals surface area contributed by atoms with E-state index in [1.807, 2.05) is 42.5 Å². The predicted octanol–water partition coefficient (Wildman–Crippen LogP) is 2.83. The molecule has 96 valence electrons. The van der Waals surface area contributed by atoms with E-state index in [0.717, 1.165) is 16.8 Å². The SMILES string of the molecule is O=C1Cc2ccccc2/C1=C1\Nc2ccccc2C1=O. The van der Waals surface area contributed by atoms with Gasteiger partial charge in [-0.05, 0) is 23.3 Å². The van der Waals surface area contributed by atoms with Gasteiger partial charge in [0.2, 0.25) is 5.78 Å². The van der Waals surface area contributed by atoms with Gasteiger partial charge in [0, 0.05) is 17.7 Å². The molecule has 0 saturated heterocycles. The number of allylic oxidation sites excluding steroid dienone is 2. The van der Waals surface area contributed by atoms with Crippen LogP contribution in [0.2, 0.25) is 0 Å². The number of rotatable bonds is 0. The van der Waals surface area contributed by atoms with Crippen LogP contribution >= 0.6 is 0 Å². The fourth-order valence-electron chi connectivity index (χ4n) is 2.90. The molecule has 1 N–H and O–H groups in total. The molecule has 0 spiro atoms. The Morgan fingerprint density at radius 1 is 0.850 bits per heavy atom. The van der Waals surface area contributed by atoms with Gasteiger partial charge in [-0.25, -0.2) is 0 Å². The van der Waals surface area contributed by atoms with Gasteiger partial charge >= 0.3 is 0 Å². The molecule has 1 aliphatic carbocycles. The maximum atomic E-state index is 12.5. The molecule has 0 bridgehead atoms. The topological polar surface area (TPSA) is 46.2 Å². The lowest BCUT2D eigenvalue weighted by Gasteiger charge is -2.04. The molecule has 0 fully saturated rings. The number of hydrogen-bond donors (Lipinski definition) is 1. The van der Waals surface area contributed by atoms with Gasteiger partial charge in [0.15, 0.2) is 5.78 Å². The summed E-state index contributed by atoms with van der Waals surface area (Å²) in [7, 11) is 0. The number of carbonyl (C=O) groups excluding carboxylic acids is 2. The fourth-order valence-corrected chi connectivity index (χ4v) is 2.90. The van der Waals surface area contributed by atoms with Crippen molar-refractivity contribution in [3.05, 3.63) is 70.9 Å². The van der Waals surface area contributed by atoms with Gasteiger partial charge < -0.3 is 5.32 Å². The zero-order valence-electron chi connectivity index (χ0n) is 10.6. The van der Waals surface area contributed by atoms with Gasteiger partial charge in [0.1, 0.15) is 0 Å². The van der Waals surface area contributed by atoms with Crippen molar-refractivity contribution in [2.24, 2.45) is 0 Å². The van der Waals surface area contributed by atoms with E-state index in [4.69, 9.17) is 0 Å². The third-order valence-electron chi connectivity index (χ3n) is 3.82. The molecule has 2 aromatic carbocycles. The number of fused-ring (bicyclic) bond motifs is 2. The summed E-state index contributed by atoms with van der Waals surface area (Å²) in [5.74, 6) is -0.0875. The molecule has 0 radical (unpaired) electrons. The van der Waals surface area contributed by atoms with E-state index in [1.165, 1.54) is 0 Å². The minimum Gasteiger partial charge on any atom is -0.351 e. The average Bonchev–Trinajstić information content (AvgIpc) is 2.96. The van der Waals surface area contributed by atoms with Crippen LogP contribution in [0.5, 0.6) is 0 Å². The van der Waals surface area contributed by atoms with Gasteiger partial charge in [-0.1, -0.05) is 36.4 Å². The first-order valence-corrected chi connectivity index (χ1v) is 6.52. The normalized spacial score (nSPS) is 19.8. The summed E-state index contributed by atoms with van der Waals surface area (Å²) in [6, 6.07) is 15.0. The minimum absolute atomic E-state index is 0.00913. The highest BCUT2D eigenvalue weighted by atomic mass is 16.1. The Balaban J connectivity index is 1.94. The lowest BCUT2D eigenvalue weighted by Crippen LogP contribution is -2.08. The van der Waals surface area contributed by atoms with Gasteiger partial charge in [-0.2, -0.15) is 0 Å². The lowest BCUT2D eigenvalue weighted by molar-refractivity contribution is -0.112. The standard InChI is InChI=1S/C17H11NO2/c19-14-9-10-5-1-2-6-11(10)15(14)16-17(20)12-7-3-4-8-13(12)18-16/h1-8,18H,9H2/b16-15+. The van der Waals surface area contributed by atoms with Crippen molar-refractivity contribution in [3.63, 3.8) is 0 Å². The molecule has 0 saturated carbocycles. The van der Waals surface area contributed by atoms with Crippen molar-refractivity contribution in [1.82, 2.24) is 0 Å². The van der Waals surface area contributed by atoms with E-state index in [1.54, 1.807) is 6.07 Å². The second kappa shape index (κ2) is 3.90. The largest absolute Gasteiger partial charge is 0.351 e. The van der Waals surface area contributed by atoms with E-state index in [-0.39, 0.29) is 11.6 Å². The Morgan fingerprint density at radius 2 is 1.55 bits per heavy atom. The quantitative estimate of drug-likeness (QED) is 0.742. The Labute approximate surface area is 115 Å². The van der Waals surface area contributed by atoms with E-state index in [0.29, 0.717) is 23.3 Å². The Kier molecular flexibility index (Phi) is 2.18. The Morgan fingerprint density at radius 3 is 2.35 bits per heavy atom.